The Morgan fingerprint density at radius 2 is 2.07 bits per heavy atom. The van der Waals surface area contributed by atoms with Crippen LogP contribution >= 0.6 is 0 Å². The minimum absolute atomic E-state index is 0.0518. The highest BCUT2D eigenvalue weighted by molar-refractivity contribution is 6.00. The van der Waals surface area contributed by atoms with Crippen LogP contribution in [0.15, 0.2) is 24.4 Å². The summed E-state index contributed by atoms with van der Waals surface area (Å²) in [6.07, 6.45) is 2.32. The Morgan fingerprint density at radius 1 is 1.27 bits per heavy atom. The molecule has 2 aromatic heterocycles. The Hall–Kier alpha value is -3.42. The second-order valence-corrected chi connectivity index (χ2v) is 7.85. The fourth-order valence-electron chi connectivity index (χ4n) is 4.10. The smallest absolute Gasteiger partial charge is 0.255 e. The Morgan fingerprint density at radius 3 is 2.80 bits per heavy atom. The van der Waals surface area contributed by atoms with E-state index in [0.717, 1.165) is 34.5 Å². The Balaban J connectivity index is 1.54. The third-order valence-electron chi connectivity index (χ3n) is 5.72. The van der Waals surface area contributed by atoms with Crippen molar-refractivity contribution in [3.8, 4) is 11.3 Å². The molecule has 8 heteroatoms. The van der Waals surface area contributed by atoms with E-state index in [2.05, 4.69) is 26.7 Å². The van der Waals surface area contributed by atoms with Crippen molar-refractivity contribution in [3.05, 3.63) is 58.0 Å². The second-order valence-electron chi connectivity index (χ2n) is 7.85. The van der Waals surface area contributed by atoms with E-state index in [4.69, 9.17) is 0 Å². The van der Waals surface area contributed by atoms with Gasteiger partial charge in [0.25, 0.3) is 5.91 Å². The number of benzene rings is 1. The number of rotatable bonds is 4. The van der Waals surface area contributed by atoms with Gasteiger partial charge in [-0.1, -0.05) is 23.8 Å². The van der Waals surface area contributed by atoms with Gasteiger partial charge in [-0.05, 0) is 19.4 Å². The first-order valence-electron chi connectivity index (χ1n) is 10.0. The fourth-order valence-corrected chi connectivity index (χ4v) is 4.10. The molecule has 156 valence electrons. The molecule has 30 heavy (non-hydrogen) atoms. The van der Waals surface area contributed by atoms with Crippen molar-refractivity contribution in [2.24, 2.45) is 7.05 Å². The van der Waals surface area contributed by atoms with E-state index in [1.807, 2.05) is 42.6 Å². The van der Waals surface area contributed by atoms with Gasteiger partial charge in [-0.15, -0.1) is 0 Å². The normalized spacial score (nSPS) is 13.3. The fraction of sp³-hybridized carbons (Fsp3) is 0.364. The molecule has 0 radical (unpaired) electrons. The van der Waals surface area contributed by atoms with Crippen molar-refractivity contribution < 1.29 is 9.59 Å². The molecule has 8 nitrogen and oxygen atoms in total. The van der Waals surface area contributed by atoms with Crippen molar-refractivity contribution in [1.29, 1.82) is 0 Å². The van der Waals surface area contributed by atoms with E-state index in [1.54, 1.807) is 13.1 Å². The highest BCUT2D eigenvalue weighted by Crippen LogP contribution is 2.26. The van der Waals surface area contributed by atoms with Gasteiger partial charge in [0.2, 0.25) is 5.91 Å². The van der Waals surface area contributed by atoms with Crippen molar-refractivity contribution in [2.75, 3.05) is 6.54 Å². The number of amides is 2. The van der Waals surface area contributed by atoms with E-state index < -0.39 is 0 Å². The predicted molar refractivity (Wildman–Crippen MR) is 113 cm³/mol. The molecule has 2 N–H and O–H groups in total. The van der Waals surface area contributed by atoms with E-state index in [1.165, 1.54) is 5.56 Å². The summed E-state index contributed by atoms with van der Waals surface area (Å²) in [4.78, 5) is 26.5. The summed E-state index contributed by atoms with van der Waals surface area (Å²) in [6, 6.07) is 6.10. The van der Waals surface area contributed by atoms with Crippen LogP contribution < -0.4 is 5.32 Å². The van der Waals surface area contributed by atoms with Gasteiger partial charge in [-0.2, -0.15) is 10.2 Å². The lowest BCUT2D eigenvalue weighted by atomic mass is 10.0. The molecule has 0 bridgehead atoms. The van der Waals surface area contributed by atoms with Crippen LogP contribution in [-0.4, -0.2) is 43.2 Å². The van der Waals surface area contributed by atoms with Crippen molar-refractivity contribution in [1.82, 2.24) is 30.2 Å². The molecule has 0 saturated heterocycles. The van der Waals surface area contributed by atoms with Crippen LogP contribution in [0.3, 0.4) is 0 Å². The molecule has 0 spiro atoms. The lowest BCUT2D eigenvalue weighted by Gasteiger charge is -2.26. The maximum Gasteiger partial charge on any atom is 0.255 e. The molecule has 0 fully saturated rings. The third-order valence-corrected chi connectivity index (χ3v) is 5.72. The minimum Gasteiger partial charge on any atom is -0.346 e. The van der Waals surface area contributed by atoms with E-state index in [0.29, 0.717) is 30.9 Å². The average Bonchev–Trinajstić information content (AvgIpc) is 3.31. The standard InChI is InChI=1S/C22H26N6O2/c1-13-5-6-16(14(2)9-13)21-17(10-24-25-21)22(30)23-11-19-18-12-28(15(3)29)8-7-20(18)27(4)26-19/h5-6,9-10H,7-8,11-12H2,1-4H3,(H,23,30)(H,24,25). The minimum atomic E-state index is -0.211. The number of aromatic amines is 1. The van der Waals surface area contributed by atoms with Crippen LogP contribution in [0.2, 0.25) is 0 Å². The van der Waals surface area contributed by atoms with Crippen molar-refractivity contribution in [3.63, 3.8) is 0 Å². The lowest BCUT2D eigenvalue weighted by Crippen LogP contribution is -2.35. The summed E-state index contributed by atoms with van der Waals surface area (Å²) in [5, 5.41) is 14.6. The van der Waals surface area contributed by atoms with Crippen LogP contribution in [0, 0.1) is 13.8 Å². The van der Waals surface area contributed by atoms with E-state index >= 15 is 0 Å². The molecule has 1 aliphatic heterocycles. The zero-order valence-corrected chi connectivity index (χ0v) is 17.7. The van der Waals surface area contributed by atoms with Gasteiger partial charge in [0, 0.05) is 50.3 Å². The summed E-state index contributed by atoms with van der Waals surface area (Å²) in [6.45, 7) is 7.16. The first-order valence-corrected chi connectivity index (χ1v) is 10.0. The number of aromatic nitrogens is 4. The van der Waals surface area contributed by atoms with Gasteiger partial charge < -0.3 is 10.2 Å². The van der Waals surface area contributed by atoms with Crippen molar-refractivity contribution in [2.45, 2.75) is 40.3 Å². The van der Waals surface area contributed by atoms with Crippen LogP contribution in [0.1, 0.15) is 45.4 Å². The summed E-state index contributed by atoms with van der Waals surface area (Å²) in [5.74, 6) is -0.159. The van der Waals surface area contributed by atoms with Crippen LogP contribution in [0.4, 0.5) is 0 Å². The third kappa shape index (κ3) is 3.60. The number of nitrogens with one attached hydrogen (secondary N) is 2. The molecule has 0 aliphatic carbocycles. The first-order chi connectivity index (χ1) is 14.3. The second kappa shape index (κ2) is 7.78. The molecular weight excluding hydrogens is 380 g/mol. The molecule has 2 amide bonds. The summed E-state index contributed by atoms with van der Waals surface area (Å²) >= 11 is 0. The molecule has 3 aromatic rings. The number of carbonyl (C=O) groups excluding carboxylic acids is 2. The molecular formula is C22H26N6O2. The molecule has 0 unspecified atom stereocenters. The quantitative estimate of drug-likeness (QED) is 0.695. The molecule has 0 saturated carbocycles. The van der Waals surface area contributed by atoms with Crippen molar-refractivity contribution >= 4 is 11.8 Å². The number of aryl methyl sites for hydroxylation is 3. The highest BCUT2D eigenvalue weighted by Gasteiger charge is 2.25. The maximum absolute atomic E-state index is 12.9. The van der Waals surface area contributed by atoms with Gasteiger partial charge in [0.15, 0.2) is 0 Å². The predicted octanol–water partition coefficient (Wildman–Crippen LogP) is 2.26. The molecule has 1 aromatic carbocycles. The molecule has 1 aliphatic rings. The maximum atomic E-state index is 12.9. The van der Waals surface area contributed by atoms with Gasteiger partial charge in [-0.25, -0.2) is 0 Å². The summed E-state index contributed by atoms with van der Waals surface area (Å²) < 4.78 is 1.85. The summed E-state index contributed by atoms with van der Waals surface area (Å²) in [7, 11) is 1.90. The molecule has 0 atom stereocenters. The molecule has 3 heterocycles. The van der Waals surface area contributed by atoms with Gasteiger partial charge >= 0.3 is 0 Å². The zero-order valence-electron chi connectivity index (χ0n) is 17.7. The Labute approximate surface area is 175 Å². The van der Waals surface area contributed by atoms with Crippen LogP contribution in [0.25, 0.3) is 11.3 Å². The monoisotopic (exact) mass is 406 g/mol. The lowest BCUT2D eigenvalue weighted by molar-refractivity contribution is -0.129. The molecule has 4 rings (SSSR count). The van der Waals surface area contributed by atoms with Gasteiger partial charge in [0.05, 0.1) is 29.7 Å². The van der Waals surface area contributed by atoms with Crippen LogP contribution in [0.5, 0.6) is 0 Å². The summed E-state index contributed by atoms with van der Waals surface area (Å²) in [5.41, 5.74) is 7.35. The van der Waals surface area contributed by atoms with Gasteiger partial charge in [-0.3, -0.25) is 19.4 Å². The number of carbonyl (C=O) groups is 2. The highest BCUT2D eigenvalue weighted by atomic mass is 16.2. The zero-order chi connectivity index (χ0) is 21.4. The van der Waals surface area contributed by atoms with E-state index in [9.17, 15) is 9.59 Å². The Bertz CT molecular complexity index is 1130. The topological polar surface area (TPSA) is 95.9 Å². The van der Waals surface area contributed by atoms with E-state index in [-0.39, 0.29) is 11.8 Å². The largest absolute Gasteiger partial charge is 0.346 e. The average molecular weight is 406 g/mol. The van der Waals surface area contributed by atoms with Crippen LogP contribution in [-0.2, 0) is 31.4 Å². The van der Waals surface area contributed by atoms with Gasteiger partial charge in [0.1, 0.15) is 0 Å². The number of fused-ring (bicyclic) bond motifs is 1. The number of H-pyrrole nitrogens is 1. The number of nitrogens with zero attached hydrogens (tertiary/aromatic N) is 4. The first kappa shape index (κ1) is 19.9. The Kier molecular flexibility index (Phi) is 5.15. The SMILES string of the molecule is CC(=O)N1CCc2c(c(CNC(=O)c3cn[nH]c3-c3ccc(C)cc3C)nn2C)C1. The number of hydrogen-bond acceptors (Lipinski definition) is 4. The number of hydrogen-bond donors (Lipinski definition) is 2.